The molecule has 2 atom stereocenters. The minimum atomic E-state index is -0.619. The lowest BCUT2D eigenvalue weighted by Gasteiger charge is -2.30. The Morgan fingerprint density at radius 3 is 2.32 bits per heavy atom. The quantitative estimate of drug-likeness (QED) is 0.515. The maximum atomic E-state index is 12.3. The van der Waals surface area contributed by atoms with E-state index in [0.717, 1.165) is 6.42 Å². The van der Waals surface area contributed by atoms with Crippen LogP contribution in [0.25, 0.3) is 0 Å². The third-order valence-corrected chi connectivity index (χ3v) is 4.22. The van der Waals surface area contributed by atoms with Gasteiger partial charge in [0.05, 0.1) is 12.3 Å². The van der Waals surface area contributed by atoms with Crippen molar-refractivity contribution in [3.8, 4) is 0 Å². The fourth-order valence-electron chi connectivity index (χ4n) is 2.45. The van der Waals surface area contributed by atoms with Crippen molar-refractivity contribution < 1.29 is 9.90 Å². The van der Waals surface area contributed by atoms with E-state index >= 15 is 0 Å². The lowest BCUT2D eigenvalue weighted by atomic mass is 9.87. The van der Waals surface area contributed by atoms with Crippen molar-refractivity contribution in [2.75, 3.05) is 6.54 Å². The molecule has 25 heavy (non-hydrogen) atoms. The molecule has 2 unspecified atom stereocenters. The second-order valence-electron chi connectivity index (χ2n) is 8.41. The van der Waals surface area contributed by atoms with Gasteiger partial charge in [-0.2, -0.15) is 0 Å². The van der Waals surface area contributed by atoms with Gasteiger partial charge >= 0.3 is 0 Å². The molecule has 0 spiro atoms. The van der Waals surface area contributed by atoms with E-state index in [-0.39, 0.29) is 11.4 Å². The summed E-state index contributed by atoms with van der Waals surface area (Å²) in [5.41, 5.74) is 6.48. The van der Waals surface area contributed by atoms with Crippen LogP contribution >= 0.6 is 0 Å². The first-order valence-corrected chi connectivity index (χ1v) is 9.05. The van der Waals surface area contributed by atoms with E-state index in [0.29, 0.717) is 19.4 Å². The maximum Gasteiger partial charge on any atom is 0.226 e. The van der Waals surface area contributed by atoms with Crippen LogP contribution in [0.5, 0.6) is 0 Å². The third kappa shape index (κ3) is 8.47. The summed E-state index contributed by atoms with van der Waals surface area (Å²) in [4.78, 5) is 12.3. The molecule has 5 heteroatoms. The zero-order chi connectivity index (χ0) is 19.1. The first-order chi connectivity index (χ1) is 11.5. The molecule has 1 aromatic carbocycles. The molecule has 0 aliphatic carbocycles. The van der Waals surface area contributed by atoms with E-state index in [2.05, 4.69) is 10.6 Å². The maximum absolute atomic E-state index is 12.3. The normalized spacial score (nSPS) is 14.8. The van der Waals surface area contributed by atoms with Crippen LogP contribution in [-0.2, 0) is 11.2 Å². The molecule has 0 heterocycles. The highest BCUT2D eigenvalue weighted by molar-refractivity contribution is 5.82. The van der Waals surface area contributed by atoms with Crippen molar-refractivity contribution in [1.82, 2.24) is 10.6 Å². The number of aliphatic hydroxyl groups is 1. The number of rotatable bonds is 9. The van der Waals surface area contributed by atoms with Gasteiger partial charge < -0.3 is 16.2 Å². The average Bonchev–Trinajstić information content (AvgIpc) is 2.51. The highest BCUT2D eigenvalue weighted by Crippen LogP contribution is 2.21. The molecular formula is C20H35N3O2. The molecule has 1 rings (SSSR count). The Morgan fingerprint density at radius 1 is 1.16 bits per heavy atom. The van der Waals surface area contributed by atoms with Crippen LogP contribution in [0.15, 0.2) is 30.3 Å². The van der Waals surface area contributed by atoms with E-state index in [1.165, 1.54) is 5.56 Å². The van der Waals surface area contributed by atoms with Gasteiger partial charge in [0.2, 0.25) is 5.91 Å². The van der Waals surface area contributed by atoms with Crippen molar-refractivity contribution in [3.63, 3.8) is 0 Å². The third-order valence-electron chi connectivity index (χ3n) is 4.22. The Labute approximate surface area is 152 Å². The molecule has 0 aliphatic heterocycles. The van der Waals surface area contributed by atoms with Crippen molar-refractivity contribution in [2.24, 2.45) is 11.1 Å². The molecule has 0 aromatic heterocycles. The summed E-state index contributed by atoms with van der Waals surface area (Å²) in [6, 6.07) is 10.0. The van der Waals surface area contributed by atoms with Gasteiger partial charge in [-0.15, -0.1) is 0 Å². The second kappa shape index (κ2) is 9.32. The molecule has 0 aliphatic rings. The lowest BCUT2D eigenvalue weighted by molar-refractivity contribution is -0.131. The molecule has 0 saturated carbocycles. The van der Waals surface area contributed by atoms with E-state index in [1.807, 2.05) is 65.0 Å². The number of benzene rings is 1. The summed E-state index contributed by atoms with van der Waals surface area (Å²) in [7, 11) is 0. The Kier molecular flexibility index (Phi) is 8.06. The lowest BCUT2D eigenvalue weighted by Crippen LogP contribution is -2.50. The molecule has 1 amide bonds. The van der Waals surface area contributed by atoms with Gasteiger partial charge in [-0.3, -0.25) is 10.1 Å². The van der Waals surface area contributed by atoms with Crippen molar-refractivity contribution >= 4 is 5.91 Å². The smallest absolute Gasteiger partial charge is 0.226 e. The summed E-state index contributed by atoms with van der Waals surface area (Å²) < 4.78 is 0. The van der Waals surface area contributed by atoms with Crippen LogP contribution in [0.4, 0.5) is 0 Å². The molecule has 0 bridgehead atoms. The fourth-order valence-corrected chi connectivity index (χ4v) is 2.45. The molecule has 142 valence electrons. The highest BCUT2D eigenvalue weighted by atomic mass is 16.3. The number of hydrogen-bond acceptors (Lipinski definition) is 4. The number of hydrogen-bond donors (Lipinski definition) is 4. The summed E-state index contributed by atoms with van der Waals surface area (Å²) in [6.45, 7) is 10.3. The number of carbonyl (C=O) groups is 1. The van der Waals surface area contributed by atoms with Crippen molar-refractivity contribution in [2.45, 2.75) is 71.7 Å². The zero-order valence-electron chi connectivity index (χ0n) is 16.3. The summed E-state index contributed by atoms with van der Waals surface area (Å²) in [6.07, 6.45) is 0.925. The van der Waals surface area contributed by atoms with Gasteiger partial charge in [0.15, 0.2) is 0 Å². The molecule has 0 fully saturated rings. The van der Waals surface area contributed by atoms with E-state index in [1.54, 1.807) is 0 Å². The van der Waals surface area contributed by atoms with E-state index in [9.17, 15) is 9.90 Å². The largest absolute Gasteiger partial charge is 0.390 e. The van der Waals surface area contributed by atoms with Crippen LogP contribution in [0.1, 0.15) is 53.0 Å². The van der Waals surface area contributed by atoms with Crippen LogP contribution < -0.4 is 16.4 Å². The van der Waals surface area contributed by atoms with Crippen LogP contribution in [0.3, 0.4) is 0 Å². The van der Waals surface area contributed by atoms with Gasteiger partial charge in [-0.1, -0.05) is 44.2 Å². The second-order valence-corrected chi connectivity index (χ2v) is 8.41. The average molecular weight is 350 g/mol. The molecule has 1 aromatic rings. The Hall–Kier alpha value is -1.43. The SMILES string of the molecule is CC(C)(C)NC(=O)C(C)(C)CCNC(N)C(O)CCc1ccccc1. The fraction of sp³-hybridized carbons (Fsp3) is 0.650. The minimum Gasteiger partial charge on any atom is -0.390 e. The van der Waals surface area contributed by atoms with E-state index < -0.39 is 17.7 Å². The van der Waals surface area contributed by atoms with Gasteiger partial charge in [0, 0.05) is 11.0 Å². The summed E-state index contributed by atoms with van der Waals surface area (Å²) in [5.74, 6) is 0.0278. The van der Waals surface area contributed by atoms with Crippen LogP contribution in [-0.4, -0.2) is 35.4 Å². The van der Waals surface area contributed by atoms with E-state index in [4.69, 9.17) is 5.73 Å². The monoisotopic (exact) mass is 349 g/mol. The van der Waals surface area contributed by atoms with Crippen LogP contribution in [0.2, 0.25) is 0 Å². The Morgan fingerprint density at radius 2 is 1.76 bits per heavy atom. The number of carbonyl (C=O) groups excluding carboxylic acids is 1. The number of nitrogens with two attached hydrogens (primary N) is 1. The van der Waals surface area contributed by atoms with Gasteiger partial charge in [-0.05, 0) is 52.1 Å². The molecule has 5 N–H and O–H groups in total. The Balaban J connectivity index is 2.34. The minimum absolute atomic E-state index is 0.0278. The first-order valence-electron chi connectivity index (χ1n) is 9.05. The van der Waals surface area contributed by atoms with Crippen molar-refractivity contribution in [1.29, 1.82) is 0 Å². The van der Waals surface area contributed by atoms with Gasteiger partial charge in [0.25, 0.3) is 0 Å². The standard InChI is InChI=1S/C20H35N3O2/c1-19(2,3)23-18(25)20(4,5)13-14-22-17(21)16(24)12-11-15-9-7-6-8-10-15/h6-10,16-17,22,24H,11-14,21H2,1-5H3,(H,23,25). The van der Waals surface area contributed by atoms with Crippen molar-refractivity contribution in [3.05, 3.63) is 35.9 Å². The predicted molar refractivity (Wildman–Crippen MR) is 103 cm³/mol. The number of aryl methyl sites for hydroxylation is 1. The number of amides is 1. The Bertz CT molecular complexity index is 523. The first kappa shape index (κ1) is 21.6. The summed E-state index contributed by atoms with van der Waals surface area (Å²) >= 11 is 0. The predicted octanol–water partition coefficient (Wildman–Crippen LogP) is 2.19. The topological polar surface area (TPSA) is 87.4 Å². The van der Waals surface area contributed by atoms with Gasteiger partial charge in [0.1, 0.15) is 0 Å². The molecule has 5 nitrogen and oxygen atoms in total. The summed E-state index contributed by atoms with van der Waals surface area (Å²) in [5, 5.41) is 16.4. The van der Waals surface area contributed by atoms with Gasteiger partial charge in [-0.25, -0.2) is 0 Å². The number of aliphatic hydroxyl groups excluding tert-OH is 1. The van der Waals surface area contributed by atoms with Crippen LogP contribution in [0, 0.1) is 5.41 Å². The highest BCUT2D eigenvalue weighted by Gasteiger charge is 2.30. The molecular weight excluding hydrogens is 314 g/mol. The molecule has 0 saturated heterocycles. The number of nitrogens with one attached hydrogen (secondary N) is 2. The zero-order valence-corrected chi connectivity index (χ0v) is 16.3. The molecule has 0 radical (unpaired) electrons.